The summed E-state index contributed by atoms with van der Waals surface area (Å²) in [6.07, 6.45) is 0. The second-order valence-corrected chi connectivity index (χ2v) is 3.49. The molecule has 1 aromatic carbocycles. The second-order valence-electron chi connectivity index (χ2n) is 3.49. The molecule has 0 heterocycles. The van der Waals surface area contributed by atoms with Crippen LogP contribution < -0.4 is 9.47 Å². The van der Waals surface area contributed by atoms with Gasteiger partial charge in [-0.3, -0.25) is 0 Å². The number of carboxylic acid groups (broad SMARTS) is 1. The number of methoxy groups -OCH3 is 2. The van der Waals surface area contributed by atoms with Gasteiger partial charge in [-0.05, 0) is 24.6 Å². The highest BCUT2D eigenvalue weighted by Crippen LogP contribution is 2.29. The number of benzene rings is 1. The van der Waals surface area contributed by atoms with Gasteiger partial charge in [0.1, 0.15) is 17.1 Å². The van der Waals surface area contributed by atoms with Gasteiger partial charge in [0.2, 0.25) is 0 Å². The molecule has 0 bridgehead atoms. The standard InChI is InChI=1S/C12H14O6/c1-7-4-8(16-2)5-9(12(14)15)11(7)18-6-10(13)17-3/h4-5H,6H2,1-3H3,(H,14,15). The Labute approximate surface area is 104 Å². The summed E-state index contributed by atoms with van der Waals surface area (Å²) in [7, 11) is 2.67. The fourth-order valence-electron chi connectivity index (χ4n) is 1.40. The van der Waals surface area contributed by atoms with Gasteiger partial charge >= 0.3 is 11.9 Å². The summed E-state index contributed by atoms with van der Waals surface area (Å²) in [5.41, 5.74) is 0.506. The van der Waals surface area contributed by atoms with E-state index in [0.29, 0.717) is 11.3 Å². The first-order valence-corrected chi connectivity index (χ1v) is 5.11. The third kappa shape index (κ3) is 3.13. The third-order valence-electron chi connectivity index (χ3n) is 2.28. The number of carbonyl (C=O) groups excluding carboxylic acids is 1. The average Bonchev–Trinajstić information content (AvgIpc) is 2.35. The van der Waals surface area contributed by atoms with Gasteiger partial charge in [-0.25, -0.2) is 9.59 Å². The first-order valence-electron chi connectivity index (χ1n) is 5.11. The second kappa shape index (κ2) is 5.90. The highest BCUT2D eigenvalue weighted by molar-refractivity contribution is 5.92. The monoisotopic (exact) mass is 254 g/mol. The fourth-order valence-corrected chi connectivity index (χ4v) is 1.40. The SMILES string of the molecule is COC(=O)COc1c(C)cc(OC)cc1C(=O)O. The lowest BCUT2D eigenvalue weighted by molar-refractivity contribution is -0.142. The van der Waals surface area contributed by atoms with Crippen LogP contribution in [0.3, 0.4) is 0 Å². The van der Waals surface area contributed by atoms with Crippen molar-refractivity contribution in [2.45, 2.75) is 6.92 Å². The number of esters is 1. The molecule has 6 nitrogen and oxygen atoms in total. The molecule has 0 fully saturated rings. The molecule has 0 radical (unpaired) electrons. The molecule has 0 unspecified atom stereocenters. The van der Waals surface area contributed by atoms with Gasteiger partial charge in [-0.2, -0.15) is 0 Å². The number of ether oxygens (including phenoxy) is 3. The van der Waals surface area contributed by atoms with Crippen LogP contribution in [-0.4, -0.2) is 37.9 Å². The summed E-state index contributed by atoms with van der Waals surface area (Å²) in [4.78, 5) is 22.1. The van der Waals surface area contributed by atoms with Crippen LogP contribution in [0.1, 0.15) is 15.9 Å². The van der Waals surface area contributed by atoms with E-state index in [4.69, 9.17) is 14.6 Å². The molecule has 1 aromatic rings. The maximum absolute atomic E-state index is 11.1. The quantitative estimate of drug-likeness (QED) is 0.796. The number of carbonyl (C=O) groups is 2. The van der Waals surface area contributed by atoms with E-state index in [2.05, 4.69) is 4.74 Å². The number of rotatable bonds is 5. The van der Waals surface area contributed by atoms with E-state index in [1.807, 2.05) is 0 Å². The molecule has 0 spiro atoms. The summed E-state index contributed by atoms with van der Waals surface area (Å²) in [6.45, 7) is 1.32. The minimum Gasteiger partial charge on any atom is -0.497 e. The van der Waals surface area contributed by atoms with E-state index in [-0.39, 0.29) is 17.9 Å². The van der Waals surface area contributed by atoms with E-state index in [9.17, 15) is 9.59 Å². The van der Waals surface area contributed by atoms with Crippen molar-refractivity contribution in [1.82, 2.24) is 0 Å². The lowest BCUT2D eigenvalue weighted by atomic mass is 10.1. The summed E-state index contributed by atoms with van der Waals surface area (Å²) in [6, 6.07) is 2.96. The minimum atomic E-state index is -1.16. The van der Waals surface area contributed by atoms with Gasteiger partial charge in [-0.15, -0.1) is 0 Å². The van der Waals surface area contributed by atoms with Gasteiger partial charge in [0, 0.05) is 0 Å². The highest BCUT2D eigenvalue weighted by Gasteiger charge is 2.17. The van der Waals surface area contributed by atoms with Crippen LogP contribution in [-0.2, 0) is 9.53 Å². The Balaban J connectivity index is 3.08. The molecule has 0 aliphatic heterocycles. The van der Waals surface area contributed by atoms with Gasteiger partial charge in [0.05, 0.1) is 14.2 Å². The zero-order valence-corrected chi connectivity index (χ0v) is 10.4. The topological polar surface area (TPSA) is 82.1 Å². The Kier molecular flexibility index (Phi) is 4.53. The van der Waals surface area contributed by atoms with Crippen molar-refractivity contribution in [3.8, 4) is 11.5 Å². The molecule has 18 heavy (non-hydrogen) atoms. The van der Waals surface area contributed by atoms with Crippen molar-refractivity contribution in [3.63, 3.8) is 0 Å². The molecule has 0 aromatic heterocycles. The van der Waals surface area contributed by atoms with Crippen molar-refractivity contribution >= 4 is 11.9 Å². The summed E-state index contributed by atoms with van der Waals surface area (Å²) >= 11 is 0. The lowest BCUT2D eigenvalue weighted by Crippen LogP contribution is -2.15. The molecule has 0 saturated heterocycles. The summed E-state index contributed by atoms with van der Waals surface area (Å²) in [5, 5.41) is 9.08. The largest absolute Gasteiger partial charge is 0.497 e. The van der Waals surface area contributed by atoms with E-state index in [1.165, 1.54) is 20.3 Å². The van der Waals surface area contributed by atoms with Gasteiger partial charge in [0.15, 0.2) is 6.61 Å². The lowest BCUT2D eigenvalue weighted by Gasteiger charge is -2.12. The average molecular weight is 254 g/mol. The van der Waals surface area contributed by atoms with Crippen molar-refractivity contribution in [1.29, 1.82) is 0 Å². The van der Waals surface area contributed by atoms with Crippen molar-refractivity contribution in [2.24, 2.45) is 0 Å². The number of hydrogen-bond donors (Lipinski definition) is 1. The molecule has 6 heteroatoms. The summed E-state index contributed by atoms with van der Waals surface area (Å²) in [5.74, 6) is -1.19. The Morgan fingerprint density at radius 3 is 2.44 bits per heavy atom. The molecule has 98 valence electrons. The van der Waals surface area contributed by atoms with E-state index in [0.717, 1.165) is 0 Å². The van der Waals surface area contributed by atoms with E-state index >= 15 is 0 Å². The molecule has 0 aliphatic carbocycles. The smallest absolute Gasteiger partial charge is 0.343 e. The summed E-state index contributed by atoms with van der Waals surface area (Å²) < 4.78 is 14.6. The minimum absolute atomic E-state index is 0.0595. The van der Waals surface area contributed by atoms with Crippen LogP contribution in [0, 0.1) is 6.92 Å². The third-order valence-corrected chi connectivity index (χ3v) is 2.28. The maximum Gasteiger partial charge on any atom is 0.343 e. The number of aryl methyl sites for hydroxylation is 1. The van der Waals surface area contributed by atoms with Crippen molar-refractivity contribution < 1.29 is 28.9 Å². The fraction of sp³-hybridized carbons (Fsp3) is 0.333. The number of aromatic carboxylic acids is 1. The van der Waals surface area contributed by atoms with Crippen LogP contribution >= 0.6 is 0 Å². The molecule has 0 aliphatic rings. The normalized spacial score (nSPS) is 9.72. The first kappa shape index (κ1) is 13.8. The number of hydrogen-bond acceptors (Lipinski definition) is 5. The van der Waals surface area contributed by atoms with Crippen LogP contribution in [0.5, 0.6) is 11.5 Å². The zero-order valence-electron chi connectivity index (χ0n) is 10.4. The van der Waals surface area contributed by atoms with Crippen molar-refractivity contribution in [2.75, 3.05) is 20.8 Å². The predicted molar refractivity (Wildman–Crippen MR) is 62.2 cm³/mol. The zero-order chi connectivity index (χ0) is 13.7. The van der Waals surface area contributed by atoms with Gasteiger partial charge in [-0.1, -0.05) is 0 Å². The van der Waals surface area contributed by atoms with Gasteiger partial charge in [0.25, 0.3) is 0 Å². The first-order chi connectivity index (χ1) is 8.49. The van der Waals surface area contributed by atoms with Crippen LogP contribution in [0.2, 0.25) is 0 Å². The maximum atomic E-state index is 11.1. The van der Waals surface area contributed by atoms with E-state index in [1.54, 1.807) is 13.0 Å². The predicted octanol–water partition coefficient (Wildman–Crippen LogP) is 1.25. The van der Waals surface area contributed by atoms with Crippen LogP contribution in [0.15, 0.2) is 12.1 Å². The van der Waals surface area contributed by atoms with Crippen LogP contribution in [0.25, 0.3) is 0 Å². The number of carboxylic acids is 1. The highest BCUT2D eigenvalue weighted by atomic mass is 16.6. The van der Waals surface area contributed by atoms with E-state index < -0.39 is 11.9 Å². The van der Waals surface area contributed by atoms with Crippen LogP contribution in [0.4, 0.5) is 0 Å². The molecule has 1 rings (SSSR count). The molecular formula is C12H14O6. The molecular weight excluding hydrogens is 240 g/mol. The Morgan fingerprint density at radius 1 is 1.28 bits per heavy atom. The van der Waals surface area contributed by atoms with Crippen molar-refractivity contribution in [3.05, 3.63) is 23.3 Å². The molecule has 0 saturated carbocycles. The van der Waals surface area contributed by atoms with Gasteiger partial charge < -0.3 is 19.3 Å². The molecule has 1 N–H and O–H groups in total. The Morgan fingerprint density at radius 2 is 1.94 bits per heavy atom. The Bertz CT molecular complexity index is 466. The molecule has 0 amide bonds. The Hall–Kier alpha value is -2.24. The molecule has 0 atom stereocenters.